The molecule has 1 N–H and O–H groups in total. The van der Waals surface area contributed by atoms with Gasteiger partial charge in [0.1, 0.15) is 5.00 Å². The van der Waals surface area contributed by atoms with Crippen LogP contribution < -0.4 is 5.32 Å². The van der Waals surface area contributed by atoms with Gasteiger partial charge in [0.2, 0.25) is 5.91 Å². The summed E-state index contributed by atoms with van der Waals surface area (Å²) in [5.41, 5.74) is 1.00. The van der Waals surface area contributed by atoms with E-state index >= 15 is 0 Å². The van der Waals surface area contributed by atoms with E-state index in [0.717, 1.165) is 14.6 Å². The first-order chi connectivity index (χ1) is 5.52. The van der Waals surface area contributed by atoms with E-state index in [1.165, 1.54) is 18.3 Å². The Morgan fingerprint density at radius 3 is 2.58 bits per heavy atom. The highest BCUT2D eigenvalue weighted by molar-refractivity contribution is 7.73. The standard InChI is InChI=1S/C7H10N2OS2/c1-4-6(8-5(2)10)12-7(11)9(4)3/h1-3H3,(H,8,10). The first-order valence-corrected chi connectivity index (χ1v) is 4.69. The van der Waals surface area contributed by atoms with Crippen LogP contribution in [-0.4, -0.2) is 10.5 Å². The largest absolute Gasteiger partial charge is 0.328 e. The van der Waals surface area contributed by atoms with Crippen LogP contribution in [0.15, 0.2) is 0 Å². The summed E-state index contributed by atoms with van der Waals surface area (Å²) in [5, 5.41) is 3.57. The number of carbonyl (C=O) groups is 1. The molecule has 0 saturated carbocycles. The van der Waals surface area contributed by atoms with Gasteiger partial charge in [-0.25, -0.2) is 0 Å². The van der Waals surface area contributed by atoms with Gasteiger partial charge < -0.3 is 9.88 Å². The van der Waals surface area contributed by atoms with Crippen molar-refractivity contribution in [3.63, 3.8) is 0 Å². The number of thiazole rings is 1. The molecule has 1 heterocycles. The molecule has 66 valence electrons. The lowest BCUT2D eigenvalue weighted by Gasteiger charge is -1.99. The number of rotatable bonds is 1. The third kappa shape index (κ3) is 1.73. The molecular formula is C7H10N2OS2. The van der Waals surface area contributed by atoms with E-state index in [2.05, 4.69) is 5.32 Å². The molecule has 0 aliphatic heterocycles. The summed E-state index contributed by atoms with van der Waals surface area (Å²) in [7, 11) is 1.89. The molecule has 1 aromatic heterocycles. The monoisotopic (exact) mass is 202 g/mol. The van der Waals surface area contributed by atoms with Crippen LogP contribution in [0.2, 0.25) is 0 Å². The Morgan fingerprint density at radius 2 is 2.25 bits per heavy atom. The predicted molar refractivity (Wildman–Crippen MR) is 53.2 cm³/mol. The lowest BCUT2D eigenvalue weighted by molar-refractivity contribution is -0.114. The summed E-state index contributed by atoms with van der Waals surface area (Å²) in [6, 6.07) is 0. The summed E-state index contributed by atoms with van der Waals surface area (Å²) in [5.74, 6) is -0.0602. The Balaban J connectivity index is 3.09. The van der Waals surface area contributed by atoms with Crippen LogP contribution in [0.1, 0.15) is 12.6 Å². The highest BCUT2D eigenvalue weighted by Crippen LogP contribution is 2.23. The number of aromatic nitrogens is 1. The molecular weight excluding hydrogens is 192 g/mol. The number of hydrogen-bond acceptors (Lipinski definition) is 3. The second-order valence-corrected chi connectivity index (χ2v) is 4.17. The molecule has 1 aromatic rings. The molecule has 0 bridgehead atoms. The number of amides is 1. The van der Waals surface area contributed by atoms with Crippen molar-refractivity contribution in [2.75, 3.05) is 5.32 Å². The average Bonchev–Trinajstić information content (AvgIpc) is 2.17. The number of nitrogens with zero attached hydrogens (tertiary/aromatic N) is 1. The first kappa shape index (κ1) is 9.41. The first-order valence-electron chi connectivity index (χ1n) is 3.46. The molecule has 0 saturated heterocycles. The average molecular weight is 202 g/mol. The summed E-state index contributed by atoms with van der Waals surface area (Å²) in [6.07, 6.45) is 0. The molecule has 3 nitrogen and oxygen atoms in total. The van der Waals surface area contributed by atoms with E-state index in [0.29, 0.717) is 0 Å². The fraction of sp³-hybridized carbons (Fsp3) is 0.429. The van der Waals surface area contributed by atoms with Gasteiger partial charge in [0.05, 0.1) is 5.69 Å². The van der Waals surface area contributed by atoms with Gasteiger partial charge in [-0.1, -0.05) is 11.3 Å². The smallest absolute Gasteiger partial charge is 0.221 e. The maximum atomic E-state index is 10.7. The van der Waals surface area contributed by atoms with Crippen LogP contribution in [0.5, 0.6) is 0 Å². The van der Waals surface area contributed by atoms with Crippen LogP contribution in [0.4, 0.5) is 5.00 Å². The third-order valence-corrected chi connectivity index (χ3v) is 3.16. The number of hydrogen-bond donors (Lipinski definition) is 1. The Hall–Kier alpha value is -0.680. The van der Waals surface area contributed by atoms with E-state index in [-0.39, 0.29) is 5.91 Å². The van der Waals surface area contributed by atoms with E-state index in [1.54, 1.807) is 0 Å². The predicted octanol–water partition coefficient (Wildman–Crippen LogP) is 2.08. The van der Waals surface area contributed by atoms with Crippen LogP contribution in [0.25, 0.3) is 0 Å². The number of nitrogens with one attached hydrogen (secondary N) is 1. The number of anilines is 1. The van der Waals surface area contributed by atoms with Gasteiger partial charge in [-0.05, 0) is 19.1 Å². The molecule has 0 aliphatic carbocycles. The Morgan fingerprint density at radius 1 is 1.67 bits per heavy atom. The maximum Gasteiger partial charge on any atom is 0.221 e. The summed E-state index contributed by atoms with van der Waals surface area (Å²) in [6.45, 7) is 3.42. The molecule has 0 spiro atoms. The van der Waals surface area contributed by atoms with Crippen molar-refractivity contribution in [3.05, 3.63) is 9.65 Å². The molecule has 5 heteroatoms. The molecule has 0 fully saturated rings. The molecule has 0 unspecified atom stereocenters. The fourth-order valence-corrected chi connectivity index (χ4v) is 2.11. The fourth-order valence-electron chi connectivity index (χ4n) is 0.795. The summed E-state index contributed by atoms with van der Waals surface area (Å²) in [4.78, 5) is 10.7. The molecule has 0 radical (unpaired) electrons. The lowest BCUT2D eigenvalue weighted by atomic mass is 10.5. The van der Waals surface area contributed by atoms with E-state index in [4.69, 9.17) is 12.2 Å². The van der Waals surface area contributed by atoms with E-state index < -0.39 is 0 Å². The normalized spacial score (nSPS) is 9.92. The number of carbonyl (C=O) groups excluding carboxylic acids is 1. The van der Waals surface area contributed by atoms with Crippen molar-refractivity contribution < 1.29 is 4.79 Å². The van der Waals surface area contributed by atoms with Gasteiger partial charge in [0, 0.05) is 14.0 Å². The highest BCUT2D eigenvalue weighted by atomic mass is 32.1. The van der Waals surface area contributed by atoms with Crippen LogP contribution in [0, 0.1) is 10.9 Å². The Labute approximate surface area is 80.0 Å². The van der Waals surface area contributed by atoms with Crippen molar-refractivity contribution in [3.8, 4) is 0 Å². The minimum Gasteiger partial charge on any atom is -0.328 e. The second-order valence-electron chi connectivity index (χ2n) is 2.52. The Bertz CT molecular complexity index is 364. The molecule has 12 heavy (non-hydrogen) atoms. The SMILES string of the molecule is CC(=O)Nc1sc(=S)n(C)c1C. The van der Waals surface area contributed by atoms with E-state index in [1.807, 2.05) is 18.5 Å². The van der Waals surface area contributed by atoms with Gasteiger partial charge in [0.15, 0.2) is 3.95 Å². The van der Waals surface area contributed by atoms with Crippen molar-refractivity contribution in [2.24, 2.45) is 7.05 Å². The molecule has 0 atom stereocenters. The van der Waals surface area contributed by atoms with Gasteiger partial charge >= 0.3 is 0 Å². The van der Waals surface area contributed by atoms with Crippen molar-refractivity contribution in [1.82, 2.24) is 4.57 Å². The van der Waals surface area contributed by atoms with Gasteiger partial charge in [-0.15, -0.1) is 0 Å². The zero-order valence-electron chi connectivity index (χ0n) is 7.17. The van der Waals surface area contributed by atoms with Crippen molar-refractivity contribution in [2.45, 2.75) is 13.8 Å². The van der Waals surface area contributed by atoms with Crippen LogP contribution in [-0.2, 0) is 11.8 Å². The zero-order valence-corrected chi connectivity index (χ0v) is 8.80. The van der Waals surface area contributed by atoms with Gasteiger partial charge in [0.25, 0.3) is 0 Å². The Kier molecular flexibility index (Phi) is 2.64. The van der Waals surface area contributed by atoms with Crippen LogP contribution in [0.3, 0.4) is 0 Å². The second kappa shape index (κ2) is 3.37. The zero-order chi connectivity index (χ0) is 9.30. The molecule has 0 aromatic carbocycles. The van der Waals surface area contributed by atoms with Gasteiger partial charge in [-0.2, -0.15) is 0 Å². The highest BCUT2D eigenvalue weighted by Gasteiger charge is 2.05. The third-order valence-electron chi connectivity index (χ3n) is 1.58. The van der Waals surface area contributed by atoms with E-state index in [9.17, 15) is 4.79 Å². The molecule has 1 rings (SSSR count). The minimum absolute atomic E-state index is 0.0602. The van der Waals surface area contributed by atoms with Gasteiger partial charge in [-0.3, -0.25) is 4.79 Å². The quantitative estimate of drug-likeness (QED) is 0.707. The topological polar surface area (TPSA) is 34.0 Å². The van der Waals surface area contributed by atoms with Crippen LogP contribution >= 0.6 is 23.6 Å². The molecule has 1 amide bonds. The van der Waals surface area contributed by atoms with Crippen molar-refractivity contribution in [1.29, 1.82) is 0 Å². The van der Waals surface area contributed by atoms with Crippen molar-refractivity contribution >= 4 is 34.5 Å². The summed E-state index contributed by atoms with van der Waals surface area (Å²) >= 11 is 6.46. The maximum absolute atomic E-state index is 10.7. The summed E-state index contributed by atoms with van der Waals surface area (Å²) < 4.78 is 2.65. The lowest BCUT2D eigenvalue weighted by Crippen LogP contribution is -2.06. The minimum atomic E-state index is -0.0602. The molecule has 0 aliphatic rings.